The summed E-state index contributed by atoms with van der Waals surface area (Å²) >= 11 is 0. The molecular formula is C14H19N. The van der Waals surface area contributed by atoms with E-state index in [1.807, 2.05) is 6.07 Å². The van der Waals surface area contributed by atoms with Crippen molar-refractivity contribution in [1.82, 2.24) is 5.32 Å². The van der Waals surface area contributed by atoms with E-state index in [9.17, 15) is 0 Å². The monoisotopic (exact) mass is 201 g/mol. The van der Waals surface area contributed by atoms with E-state index in [-0.39, 0.29) is 0 Å². The molecule has 1 aromatic carbocycles. The molecule has 0 saturated carbocycles. The second kappa shape index (κ2) is 7.09. The van der Waals surface area contributed by atoms with Crippen molar-refractivity contribution in [3.63, 3.8) is 0 Å². The van der Waals surface area contributed by atoms with Crippen LogP contribution in [0.5, 0.6) is 0 Å². The number of nitrogens with one attached hydrogen (secondary N) is 1. The van der Waals surface area contributed by atoms with E-state index in [1.165, 1.54) is 12.0 Å². The Morgan fingerprint density at radius 1 is 1.33 bits per heavy atom. The lowest BCUT2D eigenvalue weighted by atomic mass is 10.0. The summed E-state index contributed by atoms with van der Waals surface area (Å²) in [5.74, 6) is 2.65. The maximum absolute atomic E-state index is 5.24. The first-order chi connectivity index (χ1) is 7.38. The van der Waals surface area contributed by atoms with Crippen LogP contribution in [0.3, 0.4) is 0 Å². The normalized spacial score (nSPS) is 12.0. The summed E-state index contributed by atoms with van der Waals surface area (Å²) in [5.41, 5.74) is 1.36. The third-order valence-electron chi connectivity index (χ3n) is 2.44. The van der Waals surface area contributed by atoms with Gasteiger partial charge in [0.25, 0.3) is 0 Å². The molecule has 0 amide bonds. The molecule has 15 heavy (non-hydrogen) atoms. The van der Waals surface area contributed by atoms with Crippen LogP contribution in [0.15, 0.2) is 30.3 Å². The Kier molecular flexibility index (Phi) is 5.58. The van der Waals surface area contributed by atoms with Crippen LogP contribution in [0.4, 0.5) is 0 Å². The molecule has 0 spiro atoms. The van der Waals surface area contributed by atoms with E-state index in [1.54, 1.807) is 0 Å². The molecule has 0 aromatic heterocycles. The van der Waals surface area contributed by atoms with E-state index in [0.717, 1.165) is 19.4 Å². The van der Waals surface area contributed by atoms with E-state index in [0.29, 0.717) is 6.04 Å². The molecule has 0 bridgehead atoms. The van der Waals surface area contributed by atoms with Crippen LogP contribution in [0.2, 0.25) is 0 Å². The van der Waals surface area contributed by atoms with E-state index in [2.05, 4.69) is 42.4 Å². The molecule has 1 nitrogen and oxygen atoms in total. The minimum Gasteiger partial charge on any atom is -0.309 e. The number of rotatable bonds is 6. The molecule has 1 aromatic rings. The summed E-state index contributed by atoms with van der Waals surface area (Å²) in [6.45, 7) is 3.11. The van der Waals surface area contributed by atoms with Crippen molar-refractivity contribution < 1.29 is 0 Å². The molecule has 1 atom stereocenters. The number of hydrogen-bond donors (Lipinski definition) is 1. The van der Waals surface area contributed by atoms with Crippen molar-refractivity contribution >= 4 is 0 Å². The van der Waals surface area contributed by atoms with Crippen LogP contribution in [-0.2, 0) is 0 Å². The molecule has 1 unspecified atom stereocenters. The Morgan fingerprint density at radius 2 is 2.07 bits per heavy atom. The fourth-order valence-corrected chi connectivity index (χ4v) is 1.68. The van der Waals surface area contributed by atoms with E-state index in [4.69, 9.17) is 6.42 Å². The van der Waals surface area contributed by atoms with Gasteiger partial charge in [0.2, 0.25) is 0 Å². The number of terminal acetylenes is 1. The van der Waals surface area contributed by atoms with Gasteiger partial charge in [-0.3, -0.25) is 0 Å². The highest BCUT2D eigenvalue weighted by Gasteiger charge is 2.07. The lowest BCUT2D eigenvalue weighted by molar-refractivity contribution is 0.501. The Bertz CT molecular complexity index is 297. The number of benzene rings is 1. The van der Waals surface area contributed by atoms with E-state index >= 15 is 0 Å². The largest absolute Gasteiger partial charge is 0.309 e. The summed E-state index contributed by atoms with van der Waals surface area (Å²) in [5, 5.41) is 3.50. The summed E-state index contributed by atoms with van der Waals surface area (Å²) in [4.78, 5) is 0. The number of hydrogen-bond acceptors (Lipinski definition) is 1. The van der Waals surface area contributed by atoms with Gasteiger partial charge in [0.15, 0.2) is 0 Å². The van der Waals surface area contributed by atoms with Crippen molar-refractivity contribution in [3.05, 3.63) is 35.9 Å². The minimum absolute atomic E-state index is 0.449. The Labute approximate surface area is 92.9 Å². The van der Waals surface area contributed by atoms with Gasteiger partial charge in [0.05, 0.1) is 0 Å². The average molecular weight is 201 g/mol. The highest BCUT2D eigenvalue weighted by Crippen LogP contribution is 2.17. The van der Waals surface area contributed by atoms with Gasteiger partial charge >= 0.3 is 0 Å². The van der Waals surface area contributed by atoms with Crippen molar-refractivity contribution in [2.75, 3.05) is 6.54 Å². The first kappa shape index (κ1) is 11.8. The maximum Gasteiger partial charge on any atom is 0.0320 e. The van der Waals surface area contributed by atoms with Gasteiger partial charge < -0.3 is 5.32 Å². The molecule has 0 aliphatic rings. The molecule has 0 radical (unpaired) electrons. The van der Waals surface area contributed by atoms with Gasteiger partial charge in [0, 0.05) is 19.0 Å². The molecule has 1 heteroatoms. The highest BCUT2D eigenvalue weighted by molar-refractivity contribution is 5.18. The highest BCUT2D eigenvalue weighted by atomic mass is 14.9. The topological polar surface area (TPSA) is 12.0 Å². The van der Waals surface area contributed by atoms with Crippen molar-refractivity contribution in [2.24, 2.45) is 0 Å². The van der Waals surface area contributed by atoms with Gasteiger partial charge in [0.1, 0.15) is 0 Å². The van der Waals surface area contributed by atoms with Crippen LogP contribution in [0.1, 0.15) is 37.8 Å². The molecule has 80 valence electrons. The zero-order valence-electron chi connectivity index (χ0n) is 9.37. The van der Waals surface area contributed by atoms with Gasteiger partial charge in [-0.25, -0.2) is 0 Å². The predicted octanol–water partition coefficient (Wildman–Crippen LogP) is 3.14. The molecular weight excluding hydrogens is 182 g/mol. The van der Waals surface area contributed by atoms with Gasteiger partial charge in [-0.05, 0) is 12.0 Å². The Morgan fingerprint density at radius 3 is 2.67 bits per heavy atom. The fourth-order valence-electron chi connectivity index (χ4n) is 1.68. The summed E-state index contributed by atoms with van der Waals surface area (Å²) < 4.78 is 0. The van der Waals surface area contributed by atoms with Crippen LogP contribution in [0, 0.1) is 12.3 Å². The standard InChI is InChI=1S/C14H19N/c1-3-5-12-15-14(9-4-2)13-10-7-6-8-11-13/h1,6-8,10-11,14-15H,4-5,9,12H2,2H3. The lowest BCUT2D eigenvalue weighted by Gasteiger charge is -2.17. The van der Waals surface area contributed by atoms with Gasteiger partial charge in [-0.2, -0.15) is 0 Å². The summed E-state index contributed by atoms with van der Waals surface area (Å²) in [7, 11) is 0. The van der Waals surface area contributed by atoms with Crippen molar-refractivity contribution in [2.45, 2.75) is 32.2 Å². The summed E-state index contributed by atoms with van der Waals surface area (Å²) in [6.07, 6.45) is 8.38. The smallest absolute Gasteiger partial charge is 0.0320 e. The molecule has 1 rings (SSSR count). The molecule has 0 fully saturated rings. The molecule has 0 saturated heterocycles. The maximum atomic E-state index is 5.24. The van der Waals surface area contributed by atoms with Crippen molar-refractivity contribution in [3.8, 4) is 12.3 Å². The molecule has 1 N–H and O–H groups in total. The first-order valence-corrected chi connectivity index (χ1v) is 5.60. The third-order valence-corrected chi connectivity index (χ3v) is 2.44. The van der Waals surface area contributed by atoms with E-state index < -0.39 is 0 Å². The third kappa shape index (κ3) is 4.18. The van der Waals surface area contributed by atoms with Crippen molar-refractivity contribution in [1.29, 1.82) is 0 Å². The van der Waals surface area contributed by atoms with Gasteiger partial charge in [-0.1, -0.05) is 43.7 Å². The second-order valence-corrected chi connectivity index (χ2v) is 3.66. The lowest BCUT2D eigenvalue weighted by Crippen LogP contribution is -2.22. The molecule has 0 heterocycles. The fraction of sp³-hybridized carbons (Fsp3) is 0.429. The van der Waals surface area contributed by atoms with Crippen LogP contribution in [-0.4, -0.2) is 6.54 Å². The SMILES string of the molecule is C#CCCNC(CCC)c1ccccc1. The zero-order valence-corrected chi connectivity index (χ0v) is 9.37. The first-order valence-electron chi connectivity index (χ1n) is 5.60. The average Bonchev–Trinajstić information content (AvgIpc) is 2.29. The second-order valence-electron chi connectivity index (χ2n) is 3.66. The van der Waals surface area contributed by atoms with Crippen LogP contribution in [0.25, 0.3) is 0 Å². The Hall–Kier alpha value is -1.26. The minimum atomic E-state index is 0.449. The van der Waals surface area contributed by atoms with Crippen LogP contribution >= 0.6 is 0 Å². The van der Waals surface area contributed by atoms with Gasteiger partial charge in [-0.15, -0.1) is 12.3 Å². The predicted molar refractivity (Wildman–Crippen MR) is 65.5 cm³/mol. The molecule has 0 aliphatic heterocycles. The van der Waals surface area contributed by atoms with Crippen LogP contribution < -0.4 is 5.32 Å². The summed E-state index contributed by atoms with van der Waals surface area (Å²) in [6, 6.07) is 11.0. The quantitative estimate of drug-likeness (QED) is 0.550. The molecule has 0 aliphatic carbocycles. The Balaban J connectivity index is 2.54. The zero-order chi connectivity index (χ0) is 10.9.